The fourth-order valence-electron chi connectivity index (χ4n) is 3.82. The number of aryl methyl sites for hydroxylation is 1. The molecule has 3 heterocycles. The van der Waals surface area contributed by atoms with Gasteiger partial charge in [0, 0.05) is 32.2 Å². The average Bonchev–Trinajstić information content (AvgIpc) is 3.15. The van der Waals surface area contributed by atoms with Gasteiger partial charge in [0.2, 0.25) is 5.95 Å². The maximum absolute atomic E-state index is 12.4. The molecule has 174 valence electrons. The zero-order valence-corrected chi connectivity index (χ0v) is 19.5. The van der Waals surface area contributed by atoms with Crippen LogP contribution >= 0.6 is 0 Å². The van der Waals surface area contributed by atoms with Gasteiger partial charge in [0.15, 0.2) is 17.0 Å². The molecule has 0 radical (unpaired) electrons. The number of anilines is 2. The standard InChI is InChI=1S/C19H34N8O3S/c1-5-15(13(4)28)23-19-24-17(16-18(25-19)26(7-3)12-20-16)22-14-9-8-10-27(11-14)31(29,30)21-6-2/h12-15,21,28H,5-11H2,1-4H3,(H2,22,23,24,25)/t13-,14+,15+/m1/s1. The van der Waals surface area contributed by atoms with Gasteiger partial charge in [-0.2, -0.15) is 22.7 Å². The lowest BCUT2D eigenvalue weighted by molar-refractivity contribution is 0.169. The van der Waals surface area contributed by atoms with Crippen molar-refractivity contribution in [2.45, 2.75) is 71.7 Å². The van der Waals surface area contributed by atoms with Gasteiger partial charge >= 0.3 is 0 Å². The Hall–Kier alpha value is -2.02. The molecule has 2 aromatic heterocycles. The van der Waals surface area contributed by atoms with Gasteiger partial charge in [-0.25, -0.2) is 9.71 Å². The second kappa shape index (κ2) is 10.1. The molecule has 1 aliphatic heterocycles. The Labute approximate surface area is 183 Å². The van der Waals surface area contributed by atoms with Gasteiger partial charge in [-0.05, 0) is 33.1 Å². The molecule has 0 aromatic carbocycles. The first-order chi connectivity index (χ1) is 14.8. The van der Waals surface area contributed by atoms with Crippen LogP contribution in [0.3, 0.4) is 0 Å². The summed E-state index contributed by atoms with van der Waals surface area (Å²) in [7, 11) is -3.49. The van der Waals surface area contributed by atoms with Crippen LogP contribution in [0.5, 0.6) is 0 Å². The Morgan fingerprint density at radius 2 is 2.06 bits per heavy atom. The summed E-state index contributed by atoms with van der Waals surface area (Å²) in [6.07, 6.45) is 3.47. The molecule has 4 N–H and O–H groups in total. The van der Waals surface area contributed by atoms with E-state index in [1.165, 1.54) is 4.31 Å². The molecular weight excluding hydrogens is 420 g/mol. The topological polar surface area (TPSA) is 137 Å². The monoisotopic (exact) mass is 454 g/mol. The lowest BCUT2D eigenvalue weighted by Gasteiger charge is -2.32. The van der Waals surface area contributed by atoms with Crippen molar-refractivity contribution in [2.24, 2.45) is 0 Å². The molecule has 0 aliphatic carbocycles. The van der Waals surface area contributed by atoms with E-state index in [1.807, 2.05) is 18.4 Å². The van der Waals surface area contributed by atoms with Gasteiger partial charge in [0.25, 0.3) is 10.2 Å². The highest BCUT2D eigenvalue weighted by Gasteiger charge is 2.29. The van der Waals surface area contributed by atoms with E-state index >= 15 is 0 Å². The molecule has 31 heavy (non-hydrogen) atoms. The van der Waals surface area contributed by atoms with Crippen molar-refractivity contribution in [3.8, 4) is 0 Å². The van der Waals surface area contributed by atoms with Crippen molar-refractivity contribution >= 4 is 33.1 Å². The molecule has 1 saturated heterocycles. The summed E-state index contributed by atoms with van der Waals surface area (Å²) in [5.41, 5.74) is 1.33. The second-order valence-corrected chi connectivity index (χ2v) is 9.60. The molecule has 2 aromatic rings. The Bertz CT molecular complexity index is 978. The fraction of sp³-hybridized carbons (Fsp3) is 0.737. The van der Waals surface area contributed by atoms with E-state index in [2.05, 4.69) is 30.3 Å². The number of nitrogens with one attached hydrogen (secondary N) is 3. The number of hydrogen-bond acceptors (Lipinski definition) is 8. The Balaban J connectivity index is 1.89. The normalized spacial score (nSPS) is 20.0. The third-order valence-electron chi connectivity index (χ3n) is 5.53. The molecule has 0 spiro atoms. The minimum absolute atomic E-state index is 0.0985. The minimum atomic E-state index is -3.49. The summed E-state index contributed by atoms with van der Waals surface area (Å²) in [6.45, 7) is 9.41. The van der Waals surface area contributed by atoms with Crippen molar-refractivity contribution in [3.05, 3.63) is 6.33 Å². The van der Waals surface area contributed by atoms with Crippen LogP contribution in [0.2, 0.25) is 0 Å². The molecule has 12 heteroatoms. The average molecular weight is 455 g/mol. The second-order valence-electron chi connectivity index (χ2n) is 7.84. The number of rotatable bonds is 10. The van der Waals surface area contributed by atoms with Crippen LogP contribution in [0, 0.1) is 0 Å². The summed E-state index contributed by atoms with van der Waals surface area (Å²) < 4.78 is 30.8. The number of nitrogens with zero attached hydrogens (tertiary/aromatic N) is 5. The van der Waals surface area contributed by atoms with Crippen molar-refractivity contribution in [1.82, 2.24) is 28.5 Å². The van der Waals surface area contributed by atoms with Crippen molar-refractivity contribution in [1.29, 1.82) is 0 Å². The van der Waals surface area contributed by atoms with E-state index in [0.29, 0.717) is 49.1 Å². The van der Waals surface area contributed by atoms with Crippen molar-refractivity contribution < 1.29 is 13.5 Å². The number of piperidine rings is 1. The van der Waals surface area contributed by atoms with Crippen LogP contribution in [0.4, 0.5) is 11.8 Å². The molecule has 11 nitrogen and oxygen atoms in total. The van der Waals surface area contributed by atoms with E-state index in [9.17, 15) is 13.5 Å². The quantitative estimate of drug-likeness (QED) is 0.419. The predicted octanol–water partition coefficient (Wildman–Crippen LogP) is 1.15. The minimum Gasteiger partial charge on any atom is -0.391 e. The Kier molecular flexibility index (Phi) is 7.68. The van der Waals surface area contributed by atoms with Crippen molar-refractivity contribution in [3.63, 3.8) is 0 Å². The van der Waals surface area contributed by atoms with E-state index in [1.54, 1.807) is 20.2 Å². The summed E-state index contributed by atoms with van der Waals surface area (Å²) in [5.74, 6) is 0.971. The van der Waals surface area contributed by atoms with Crippen molar-refractivity contribution in [2.75, 3.05) is 30.3 Å². The molecular formula is C19H34N8O3S. The van der Waals surface area contributed by atoms with Crippen LogP contribution in [0.1, 0.15) is 47.0 Å². The zero-order valence-electron chi connectivity index (χ0n) is 18.7. The number of fused-ring (bicyclic) bond motifs is 1. The van der Waals surface area contributed by atoms with Gasteiger partial charge in [-0.1, -0.05) is 13.8 Å². The van der Waals surface area contributed by atoms with Gasteiger partial charge in [-0.3, -0.25) is 0 Å². The molecule has 3 rings (SSSR count). The third kappa shape index (κ3) is 5.43. The summed E-state index contributed by atoms with van der Waals surface area (Å²) in [5, 5.41) is 16.6. The van der Waals surface area contributed by atoms with Crippen LogP contribution in [0.25, 0.3) is 11.2 Å². The molecule has 0 unspecified atom stereocenters. The number of imidazole rings is 1. The van der Waals surface area contributed by atoms with E-state index in [-0.39, 0.29) is 12.1 Å². The van der Waals surface area contributed by atoms with Gasteiger partial charge < -0.3 is 20.3 Å². The smallest absolute Gasteiger partial charge is 0.279 e. The summed E-state index contributed by atoms with van der Waals surface area (Å²) in [6, 6.07) is -0.280. The number of aliphatic hydroxyl groups excluding tert-OH is 1. The van der Waals surface area contributed by atoms with Crippen LogP contribution in [-0.2, 0) is 16.8 Å². The van der Waals surface area contributed by atoms with Gasteiger partial charge in [-0.15, -0.1) is 0 Å². The highest BCUT2D eigenvalue weighted by Crippen LogP contribution is 2.24. The van der Waals surface area contributed by atoms with Crippen LogP contribution in [0.15, 0.2) is 6.33 Å². The summed E-state index contributed by atoms with van der Waals surface area (Å²) in [4.78, 5) is 13.7. The highest BCUT2D eigenvalue weighted by atomic mass is 32.2. The largest absolute Gasteiger partial charge is 0.391 e. The molecule has 3 atom stereocenters. The van der Waals surface area contributed by atoms with E-state index in [0.717, 1.165) is 19.3 Å². The number of aromatic nitrogens is 4. The maximum Gasteiger partial charge on any atom is 0.279 e. The molecule has 1 aliphatic rings. The predicted molar refractivity (Wildman–Crippen MR) is 121 cm³/mol. The van der Waals surface area contributed by atoms with Gasteiger partial charge in [0.1, 0.15) is 0 Å². The SMILES string of the molecule is CCNS(=O)(=O)N1CCC[C@H](Nc2nc(N[C@@H](CC)[C@@H](C)O)nc3c2ncn3CC)C1. The lowest BCUT2D eigenvalue weighted by Crippen LogP contribution is -2.49. The molecule has 0 bridgehead atoms. The number of aliphatic hydroxyl groups is 1. The first-order valence-electron chi connectivity index (χ1n) is 11.0. The highest BCUT2D eigenvalue weighted by molar-refractivity contribution is 7.87. The summed E-state index contributed by atoms with van der Waals surface area (Å²) >= 11 is 0. The Morgan fingerprint density at radius 3 is 2.71 bits per heavy atom. The third-order valence-corrected chi connectivity index (χ3v) is 7.20. The lowest BCUT2D eigenvalue weighted by atomic mass is 10.1. The van der Waals surface area contributed by atoms with E-state index in [4.69, 9.17) is 0 Å². The molecule has 1 fully saturated rings. The first-order valence-corrected chi connectivity index (χ1v) is 12.4. The molecule has 0 saturated carbocycles. The van der Waals surface area contributed by atoms with Gasteiger partial charge in [0.05, 0.1) is 18.5 Å². The maximum atomic E-state index is 12.4. The fourth-order valence-corrected chi connectivity index (χ4v) is 5.11. The molecule has 0 amide bonds. The Morgan fingerprint density at radius 1 is 1.29 bits per heavy atom. The van der Waals surface area contributed by atoms with Crippen LogP contribution in [-0.4, -0.2) is 75.2 Å². The van der Waals surface area contributed by atoms with Crippen LogP contribution < -0.4 is 15.4 Å². The first kappa shape index (κ1) is 23.6. The zero-order chi connectivity index (χ0) is 22.6. The van der Waals surface area contributed by atoms with E-state index < -0.39 is 16.3 Å². The number of hydrogen-bond donors (Lipinski definition) is 4.